The number of rotatable bonds is 7. The van der Waals surface area contributed by atoms with Crippen LogP contribution in [0.3, 0.4) is 0 Å². The normalized spacial score (nSPS) is 12.6. The third-order valence-electron chi connectivity index (χ3n) is 6.29. The first-order chi connectivity index (χ1) is 17.1. The number of pyridine rings is 1. The number of carboxylic acid groups (broad SMARTS) is 1. The highest BCUT2D eigenvalue weighted by molar-refractivity contribution is 5.85. The van der Waals surface area contributed by atoms with E-state index in [1.165, 1.54) is 0 Å². The molecule has 3 aromatic carbocycles. The van der Waals surface area contributed by atoms with Gasteiger partial charge in [0.05, 0.1) is 5.69 Å². The van der Waals surface area contributed by atoms with Gasteiger partial charge < -0.3 is 15.2 Å². The maximum absolute atomic E-state index is 12.6. The largest absolute Gasteiger partial charge is 0.480 e. The van der Waals surface area contributed by atoms with Crippen molar-refractivity contribution in [3.05, 3.63) is 114 Å². The Hall–Kier alpha value is -4.16. The minimum absolute atomic E-state index is 0. The topological polar surface area (TPSA) is 88.5 Å². The van der Waals surface area contributed by atoms with Gasteiger partial charge in [0.25, 0.3) is 0 Å². The number of alkyl carbamates (subject to hydrolysis) is 1. The number of amides is 1. The molecule has 1 heterocycles. The van der Waals surface area contributed by atoms with Crippen molar-refractivity contribution in [2.24, 2.45) is 0 Å². The second-order valence-electron chi connectivity index (χ2n) is 8.48. The molecule has 1 aliphatic carbocycles. The van der Waals surface area contributed by atoms with Crippen LogP contribution >= 0.6 is 12.4 Å². The summed E-state index contributed by atoms with van der Waals surface area (Å²) in [6.07, 6.45) is 1.12. The van der Waals surface area contributed by atoms with Crippen LogP contribution in [0.15, 0.2) is 97.2 Å². The summed E-state index contributed by atoms with van der Waals surface area (Å²) in [5.74, 6) is -1.21. The van der Waals surface area contributed by atoms with Crippen molar-refractivity contribution in [2.45, 2.75) is 18.4 Å². The van der Waals surface area contributed by atoms with Crippen molar-refractivity contribution in [3.8, 4) is 22.4 Å². The fourth-order valence-corrected chi connectivity index (χ4v) is 4.56. The van der Waals surface area contributed by atoms with Gasteiger partial charge in [-0.25, -0.2) is 9.59 Å². The van der Waals surface area contributed by atoms with E-state index < -0.39 is 18.1 Å². The third-order valence-corrected chi connectivity index (χ3v) is 6.29. The first-order valence-electron chi connectivity index (χ1n) is 11.4. The molecule has 7 heteroatoms. The van der Waals surface area contributed by atoms with Crippen molar-refractivity contribution in [3.63, 3.8) is 0 Å². The zero-order chi connectivity index (χ0) is 24.2. The lowest BCUT2D eigenvalue weighted by atomic mass is 9.98. The number of carbonyl (C=O) groups is 2. The number of hydrogen-bond acceptors (Lipinski definition) is 4. The second kappa shape index (κ2) is 11.1. The minimum Gasteiger partial charge on any atom is -0.480 e. The van der Waals surface area contributed by atoms with Crippen molar-refractivity contribution in [1.82, 2.24) is 10.3 Å². The van der Waals surface area contributed by atoms with Crippen LogP contribution in [-0.4, -0.2) is 34.8 Å². The maximum atomic E-state index is 12.6. The van der Waals surface area contributed by atoms with E-state index in [1.807, 2.05) is 78.9 Å². The van der Waals surface area contributed by atoms with E-state index in [2.05, 4.69) is 22.4 Å². The SMILES string of the molecule is Cl.O=C(NC(Cc1ccc(-c2ccccn2)cc1)C(=O)O)OCC1c2ccccc2-c2ccccc21. The van der Waals surface area contributed by atoms with Gasteiger partial charge in [-0.1, -0.05) is 78.9 Å². The maximum Gasteiger partial charge on any atom is 0.407 e. The van der Waals surface area contributed by atoms with Gasteiger partial charge in [0.15, 0.2) is 0 Å². The van der Waals surface area contributed by atoms with E-state index in [0.29, 0.717) is 0 Å². The first-order valence-corrected chi connectivity index (χ1v) is 11.4. The summed E-state index contributed by atoms with van der Waals surface area (Å²) < 4.78 is 5.51. The summed E-state index contributed by atoms with van der Waals surface area (Å²) in [5.41, 5.74) is 7.03. The second-order valence-corrected chi connectivity index (χ2v) is 8.48. The molecule has 0 radical (unpaired) electrons. The Morgan fingerprint density at radius 1 is 0.861 bits per heavy atom. The molecule has 36 heavy (non-hydrogen) atoms. The van der Waals surface area contributed by atoms with Crippen molar-refractivity contribution in [1.29, 1.82) is 0 Å². The van der Waals surface area contributed by atoms with Crippen LogP contribution in [-0.2, 0) is 16.0 Å². The molecule has 0 bridgehead atoms. The Balaban J connectivity index is 0.00000304. The Morgan fingerprint density at radius 2 is 1.47 bits per heavy atom. The first kappa shape index (κ1) is 24.9. The number of aliphatic carboxylic acids is 1. The van der Waals surface area contributed by atoms with Gasteiger partial charge in [-0.15, -0.1) is 12.4 Å². The molecule has 2 N–H and O–H groups in total. The van der Waals surface area contributed by atoms with Crippen LogP contribution < -0.4 is 5.32 Å². The third kappa shape index (κ3) is 5.24. The van der Waals surface area contributed by atoms with E-state index in [-0.39, 0.29) is 31.4 Å². The van der Waals surface area contributed by atoms with Crippen LogP contribution in [0.5, 0.6) is 0 Å². The van der Waals surface area contributed by atoms with Gasteiger partial charge in [0.2, 0.25) is 0 Å². The highest BCUT2D eigenvalue weighted by Crippen LogP contribution is 2.44. The molecule has 182 valence electrons. The van der Waals surface area contributed by atoms with E-state index in [0.717, 1.165) is 39.1 Å². The van der Waals surface area contributed by atoms with Crippen molar-refractivity contribution in [2.75, 3.05) is 6.61 Å². The molecule has 1 amide bonds. The molecule has 0 spiro atoms. The number of nitrogens with zero attached hydrogens (tertiary/aromatic N) is 1. The molecule has 1 unspecified atom stereocenters. The summed E-state index contributed by atoms with van der Waals surface area (Å²) in [7, 11) is 0. The lowest BCUT2D eigenvalue weighted by molar-refractivity contribution is -0.139. The molecule has 4 aromatic rings. The van der Waals surface area contributed by atoms with Crippen LogP contribution in [0.25, 0.3) is 22.4 Å². The van der Waals surface area contributed by atoms with Crippen LogP contribution in [0.2, 0.25) is 0 Å². The Labute approximate surface area is 215 Å². The number of nitrogens with one attached hydrogen (secondary N) is 1. The van der Waals surface area contributed by atoms with Crippen molar-refractivity contribution < 1.29 is 19.4 Å². The molecular formula is C29H25ClN2O4. The lowest BCUT2D eigenvalue weighted by Crippen LogP contribution is -2.42. The number of carbonyl (C=O) groups excluding carboxylic acids is 1. The lowest BCUT2D eigenvalue weighted by Gasteiger charge is -2.17. The summed E-state index contributed by atoms with van der Waals surface area (Å²) in [5, 5.41) is 12.2. The van der Waals surface area contributed by atoms with E-state index in [4.69, 9.17) is 4.74 Å². The van der Waals surface area contributed by atoms with Gasteiger partial charge in [-0.3, -0.25) is 4.98 Å². The van der Waals surface area contributed by atoms with Crippen LogP contribution in [0.4, 0.5) is 4.79 Å². The monoisotopic (exact) mass is 500 g/mol. The van der Waals surface area contributed by atoms with Gasteiger partial charge in [-0.05, 0) is 39.9 Å². The van der Waals surface area contributed by atoms with Gasteiger partial charge in [0.1, 0.15) is 12.6 Å². The highest BCUT2D eigenvalue weighted by Gasteiger charge is 2.29. The van der Waals surface area contributed by atoms with E-state index in [1.54, 1.807) is 6.20 Å². The number of hydrogen-bond donors (Lipinski definition) is 2. The Morgan fingerprint density at radius 3 is 2.06 bits per heavy atom. The van der Waals surface area contributed by atoms with E-state index >= 15 is 0 Å². The highest BCUT2D eigenvalue weighted by atomic mass is 35.5. The van der Waals surface area contributed by atoms with Crippen LogP contribution in [0, 0.1) is 0 Å². The Kier molecular flexibility index (Phi) is 7.66. The summed E-state index contributed by atoms with van der Waals surface area (Å²) in [6, 6.07) is 28.2. The molecule has 6 nitrogen and oxygen atoms in total. The molecular weight excluding hydrogens is 476 g/mol. The average Bonchev–Trinajstić information content (AvgIpc) is 3.21. The summed E-state index contributed by atoms with van der Waals surface area (Å²) in [6.45, 7) is 0.130. The van der Waals surface area contributed by atoms with Gasteiger partial charge in [-0.2, -0.15) is 0 Å². The molecule has 1 aliphatic rings. The molecule has 1 aromatic heterocycles. The number of carboxylic acids is 1. The molecule has 1 atom stereocenters. The number of aromatic nitrogens is 1. The smallest absolute Gasteiger partial charge is 0.407 e. The molecule has 0 fully saturated rings. The Bertz CT molecular complexity index is 1310. The predicted octanol–water partition coefficient (Wildman–Crippen LogP) is 5.70. The van der Waals surface area contributed by atoms with Gasteiger partial charge in [0, 0.05) is 24.1 Å². The zero-order valence-electron chi connectivity index (χ0n) is 19.3. The standard InChI is InChI=1S/C29H24N2O4.ClH/c32-28(33)27(17-19-12-14-20(15-13-19)26-11-5-6-16-30-26)31-29(34)35-18-25-23-9-3-1-7-21(23)22-8-2-4-10-24(22)25;/h1-16,25,27H,17-18H2,(H,31,34)(H,32,33);1H. The minimum atomic E-state index is -1.12. The zero-order valence-corrected chi connectivity index (χ0v) is 20.2. The molecule has 0 saturated carbocycles. The molecule has 5 rings (SSSR count). The van der Waals surface area contributed by atoms with Crippen molar-refractivity contribution >= 4 is 24.5 Å². The summed E-state index contributed by atoms with van der Waals surface area (Å²) in [4.78, 5) is 28.7. The number of fused-ring (bicyclic) bond motifs is 3. The predicted molar refractivity (Wildman–Crippen MR) is 140 cm³/mol. The number of ether oxygens (including phenoxy) is 1. The molecule has 0 saturated heterocycles. The van der Waals surface area contributed by atoms with Crippen LogP contribution in [0.1, 0.15) is 22.6 Å². The van der Waals surface area contributed by atoms with Gasteiger partial charge >= 0.3 is 12.1 Å². The quantitative estimate of drug-likeness (QED) is 0.339. The fraction of sp³-hybridized carbons (Fsp3) is 0.138. The fourth-order valence-electron chi connectivity index (χ4n) is 4.56. The average molecular weight is 501 g/mol. The number of halogens is 1. The number of benzene rings is 3. The van der Waals surface area contributed by atoms with E-state index in [9.17, 15) is 14.7 Å². The molecule has 0 aliphatic heterocycles. The summed E-state index contributed by atoms with van der Waals surface area (Å²) >= 11 is 0.